The van der Waals surface area contributed by atoms with Gasteiger partial charge in [-0.3, -0.25) is 4.79 Å². The van der Waals surface area contributed by atoms with Crippen LogP contribution in [0.15, 0.2) is 23.2 Å². The van der Waals surface area contributed by atoms with E-state index in [4.69, 9.17) is 0 Å². The lowest BCUT2D eigenvalue weighted by molar-refractivity contribution is 0.103. The van der Waals surface area contributed by atoms with E-state index in [-0.39, 0.29) is 22.4 Å². The van der Waals surface area contributed by atoms with Gasteiger partial charge in [0.15, 0.2) is 5.78 Å². The number of aromatic nitrogens is 1. The molecule has 0 bridgehead atoms. The van der Waals surface area contributed by atoms with Crippen LogP contribution in [0.25, 0.3) is 0 Å². The maximum Gasteiger partial charge on any atom is 0.197 e. The van der Waals surface area contributed by atoms with Gasteiger partial charge >= 0.3 is 0 Å². The van der Waals surface area contributed by atoms with Crippen LogP contribution in [-0.2, 0) is 17.4 Å². The Bertz CT molecular complexity index is 900. The topological polar surface area (TPSA) is 66.0 Å². The van der Waals surface area contributed by atoms with Crippen LogP contribution in [0, 0.1) is 11.3 Å². The maximum atomic E-state index is 13.4. The summed E-state index contributed by atoms with van der Waals surface area (Å²) in [6.07, 6.45) is 1.71. The van der Waals surface area contributed by atoms with Crippen LogP contribution in [0.3, 0.4) is 0 Å². The van der Waals surface area contributed by atoms with Crippen molar-refractivity contribution in [3.63, 3.8) is 0 Å². The van der Waals surface area contributed by atoms with Gasteiger partial charge in [0.05, 0.1) is 5.56 Å². The van der Waals surface area contributed by atoms with E-state index in [1.807, 2.05) is 48.5 Å². The number of carbonyl (C=O) groups is 1. The molecule has 0 atom stereocenters. The Balaban J connectivity index is 2.79. The van der Waals surface area contributed by atoms with Crippen LogP contribution >= 0.6 is 12.6 Å². The summed E-state index contributed by atoms with van der Waals surface area (Å²) >= 11 is 4.43. The van der Waals surface area contributed by atoms with Crippen LogP contribution in [-0.4, -0.2) is 15.5 Å². The highest BCUT2D eigenvalue weighted by Gasteiger charge is 2.29. The van der Waals surface area contributed by atoms with Gasteiger partial charge < -0.3 is 9.67 Å². The lowest BCUT2D eigenvalue weighted by Gasteiger charge is -2.28. The minimum atomic E-state index is -0.336. The molecule has 0 aliphatic heterocycles. The Kier molecular flexibility index (Phi) is 5.54. The predicted octanol–water partition coefficient (Wildman–Crippen LogP) is 5.20. The Labute approximate surface area is 167 Å². The number of nitriles is 1. The number of hydrogen-bond acceptors (Lipinski definition) is 4. The van der Waals surface area contributed by atoms with Gasteiger partial charge in [0.2, 0.25) is 0 Å². The highest BCUT2D eigenvalue weighted by atomic mass is 32.1. The summed E-state index contributed by atoms with van der Waals surface area (Å²) in [5.41, 5.74) is 1.85. The molecule has 27 heavy (non-hydrogen) atoms. The molecule has 1 aromatic heterocycles. The number of thiol groups is 1. The Hall–Kier alpha value is -2.19. The Morgan fingerprint density at radius 2 is 1.63 bits per heavy atom. The van der Waals surface area contributed by atoms with Gasteiger partial charge in [-0.05, 0) is 29.9 Å². The number of ketones is 1. The summed E-state index contributed by atoms with van der Waals surface area (Å²) in [6, 6.07) is 5.61. The number of nitrogens with zero attached hydrogens (tertiary/aromatic N) is 2. The molecule has 1 aromatic carbocycles. The first-order chi connectivity index (χ1) is 12.3. The van der Waals surface area contributed by atoms with Crippen LogP contribution in [0.1, 0.15) is 81.2 Å². The lowest BCUT2D eigenvalue weighted by atomic mass is 9.77. The number of phenolic OH excluding ortho intramolecular Hbond substituents is 1. The van der Waals surface area contributed by atoms with E-state index < -0.39 is 0 Å². The second kappa shape index (κ2) is 7.09. The van der Waals surface area contributed by atoms with E-state index in [1.54, 1.807) is 22.9 Å². The molecule has 144 valence electrons. The van der Waals surface area contributed by atoms with Gasteiger partial charge in [0, 0.05) is 34.3 Å². The number of aromatic hydroxyl groups is 1. The van der Waals surface area contributed by atoms with Crippen LogP contribution < -0.4 is 0 Å². The number of benzene rings is 1. The molecule has 0 unspecified atom stereocenters. The fourth-order valence-electron chi connectivity index (χ4n) is 3.19. The summed E-state index contributed by atoms with van der Waals surface area (Å²) in [4.78, 5) is 13.8. The van der Waals surface area contributed by atoms with E-state index in [2.05, 4.69) is 18.7 Å². The summed E-state index contributed by atoms with van der Waals surface area (Å²) < 4.78 is 1.73. The zero-order valence-corrected chi connectivity index (χ0v) is 18.0. The van der Waals surface area contributed by atoms with E-state index >= 15 is 0 Å². The second-order valence-corrected chi connectivity index (χ2v) is 9.37. The molecule has 1 heterocycles. The zero-order chi connectivity index (χ0) is 20.7. The van der Waals surface area contributed by atoms with Crippen molar-refractivity contribution in [2.24, 2.45) is 0 Å². The highest BCUT2D eigenvalue weighted by Crippen LogP contribution is 2.40. The fourth-order valence-corrected chi connectivity index (χ4v) is 3.54. The molecule has 4 nitrogen and oxygen atoms in total. The predicted molar refractivity (Wildman–Crippen MR) is 111 cm³/mol. The van der Waals surface area contributed by atoms with Gasteiger partial charge in [0.1, 0.15) is 17.5 Å². The smallest absolute Gasteiger partial charge is 0.197 e. The van der Waals surface area contributed by atoms with Crippen LogP contribution in [0.2, 0.25) is 0 Å². The van der Waals surface area contributed by atoms with Crippen molar-refractivity contribution in [1.29, 1.82) is 5.26 Å². The summed E-state index contributed by atoms with van der Waals surface area (Å²) in [6.45, 7) is 14.5. The summed E-state index contributed by atoms with van der Waals surface area (Å²) in [5, 5.41) is 20.4. The van der Waals surface area contributed by atoms with Crippen molar-refractivity contribution >= 4 is 18.4 Å². The quantitative estimate of drug-likeness (QED) is 0.564. The van der Waals surface area contributed by atoms with Gasteiger partial charge in [-0.2, -0.15) is 5.26 Å². The number of rotatable bonds is 3. The van der Waals surface area contributed by atoms with Crippen molar-refractivity contribution in [1.82, 2.24) is 4.57 Å². The Morgan fingerprint density at radius 3 is 2.00 bits per heavy atom. The normalized spacial score (nSPS) is 12.1. The second-order valence-electron chi connectivity index (χ2n) is 8.88. The summed E-state index contributed by atoms with van der Waals surface area (Å²) in [5.74, 6) is -0.0240. The first-order valence-electron chi connectivity index (χ1n) is 9.07. The van der Waals surface area contributed by atoms with E-state index in [0.717, 1.165) is 0 Å². The molecule has 0 saturated carbocycles. The Morgan fingerprint density at radius 1 is 1.15 bits per heavy atom. The molecule has 2 aromatic rings. The number of aryl methyl sites for hydroxylation is 1. The average molecular weight is 385 g/mol. The van der Waals surface area contributed by atoms with Crippen molar-refractivity contribution in [3.05, 3.63) is 46.3 Å². The van der Waals surface area contributed by atoms with Gasteiger partial charge in [-0.1, -0.05) is 41.5 Å². The minimum absolute atomic E-state index is 0.226. The fraction of sp³-hybridized carbons (Fsp3) is 0.455. The molecule has 0 aliphatic carbocycles. The van der Waals surface area contributed by atoms with Gasteiger partial charge in [-0.15, -0.1) is 12.6 Å². The molecule has 2 rings (SSSR count). The van der Waals surface area contributed by atoms with Crippen molar-refractivity contribution in [2.75, 3.05) is 0 Å². The third-order valence-corrected chi connectivity index (χ3v) is 5.06. The monoisotopic (exact) mass is 384 g/mol. The van der Waals surface area contributed by atoms with Crippen LogP contribution in [0.5, 0.6) is 5.75 Å². The molecular weight excluding hydrogens is 356 g/mol. The highest BCUT2D eigenvalue weighted by molar-refractivity contribution is 7.80. The van der Waals surface area contributed by atoms with E-state index in [9.17, 15) is 15.2 Å². The largest absolute Gasteiger partial charge is 0.507 e. The SMILES string of the molecule is CCn1cc(S)c(C(=O)c2cc(C(C)(C)C)c(O)c(C(C)(C)C)c2)c1C#N. The first-order valence-corrected chi connectivity index (χ1v) is 9.52. The maximum absolute atomic E-state index is 13.4. The molecule has 5 heteroatoms. The van der Waals surface area contributed by atoms with Crippen molar-refractivity contribution < 1.29 is 9.90 Å². The standard InChI is InChI=1S/C22H28N2O2S/c1-8-24-12-17(27)18(16(24)11-23)19(25)13-9-14(21(2,3)4)20(26)15(10-13)22(5,6)7/h9-10,12,26-27H,8H2,1-7H3. The van der Waals surface area contributed by atoms with E-state index in [1.165, 1.54) is 0 Å². The third-order valence-electron chi connectivity index (χ3n) is 4.72. The summed E-state index contributed by atoms with van der Waals surface area (Å²) in [7, 11) is 0. The van der Waals surface area contributed by atoms with Gasteiger partial charge in [-0.25, -0.2) is 0 Å². The van der Waals surface area contributed by atoms with E-state index in [0.29, 0.717) is 39.4 Å². The van der Waals surface area contributed by atoms with Crippen molar-refractivity contribution in [3.8, 4) is 11.8 Å². The van der Waals surface area contributed by atoms with Gasteiger partial charge in [0.25, 0.3) is 0 Å². The van der Waals surface area contributed by atoms with Crippen LogP contribution in [0.4, 0.5) is 0 Å². The lowest BCUT2D eigenvalue weighted by Crippen LogP contribution is -2.19. The molecule has 0 radical (unpaired) electrons. The number of carbonyl (C=O) groups excluding carboxylic acids is 1. The zero-order valence-electron chi connectivity index (χ0n) is 17.1. The molecular formula is C22H28N2O2S. The average Bonchev–Trinajstić information content (AvgIpc) is 2.87. The molecule has 0 aliphatic rings. The number of hydrogen-bond donors (Lipinski definition) is 2. The van der Waals surface area contributed by atoms with Crippen molar-refractivity contribution in [2.45, 2.75) is 70.7 Å². The molecule has 0 saturated heterocycles. The molecule has 1 N–H and O–H groups in total. The minimum Gasteiger partial charge on any atom is -0.507 e. The number of phenols is 1. The third kappa shape index (κ3) is 3.91. The molecule has 0 spiro atoms. The molecule has 0 fully saturated rings. The first kappa shape index (κ1) is 21.1. The molecule has 0 amide bonds.